The van der Waals surface area contributed by atoms with Crippen molar-refractivity contribution in [1.29, 1.82) is 0 Å². The van der Waals surface area contributed by atoms with Crippen molar-refractivity contribution in [3.8, 4) is 0 Å². The number of aromatic nitrogens is 1. The first-order valence-electron chi connectivity index (χ1n) is 6.24. The molecular weight excluding hydrogens is 309 g/mol. The highest BCUT2D eigenvalue weighted by molar-refractivity contribution is 6.35. The Bertz CT molecular complexity index is 794. The van der Waals surface area contributed by atoms with Crippen molar-refractivity contribution in [2.75, 3.05) is 5.43 Å². The maximum atomic E-state index is 6.02. The Morgan fingerprint density at radius 3 is 2.81 bits per heavy atom. The van der Waals surface area contributed by atoms with Crippen molar-refractivity contribution in [3.63, 3.8) is 0 Å². The first kappa shape index (κ1) is 13.9. The lowest BCUT2D eigenvalue weighted by Crippen LogP contribution is -2.00. The quantitative estimate of drug-likeness (QED) is 0.547. The Morgan fingerprint density at radius 1 is 1.24 bits per heavy atom. The van der Waals surface area contributed by atoms with Gasteiger partial charge in [-0.2, -0.15) is 5.10 Å². The van der Waals surface area contributed by atoms with E-state index in [2.05, 4.69) is 15.5 Å². The standard InChI is InChI=1S/C15H11Cl2N3O/c1-9(14-6-10-4-2-3-5-13(10)21-14)19-20-15-12(17)7-11(16)8-18-15/h2-8H,1H3,(H,18,20)/b19-9-. The molecule has 3 rings (SSSR count). The fourth-order valence-electron chi connectivity index (χ4n) is 1.85. The van der Waals surface area contributed by atoms with Crippen LogP contribution >= 0.6 is 23.2 Å². The smallest absolute Gasteiger partial charge is 0.165 e. The molecule has 0 bridgehead atoms. The van der Waals surface area contributed by atoms with Crippen LogP contribution in [-0.2, 0) is 0 Å². The summed E-state index contributed by atoms with van der Waals surface area (Å²) in [5, 5.41) is 6.15. The van der Waals surface area contributed by atoms with Gasteiger partial charge in [0.15, 0.2) is 11.6 Å². The summed E-state index contributed by atoms with van der Waals surface area (Å²) >= 11 is 11.8. The lowest BCUT2D eigenvalue weighted by Gasteiger charge is -2.03. The van der Waals surface area contributed by atoms with Crippen molar-refractivity contribution in [2.24, 2.45) is 5.10 Å². The minimum atomic E-state index is 0.406. The van der Waals surface area contributed by atoms with Gasteiger partial charge in [-0.1, -0.05) is 41.4 Å². The number of anilines is 1. The molecule has 6 heteroatoms. The van der Waals surface area contributed by atoms with Gasteiger partial charge in [-0.05, 0) is 25.1 Å². The molecule has 1 N–H and O–H groups in total. The fraction of sp³-hybridized carbons (Fsp3) is 0.0667. The molecule has 0 aliphatic rings. The van der Waals surface area contributed by atoms with Gasteiger partial charge in [-0.15, -0.1) is 0 Å². The number of hydrazone groups is 1. The predicted molar refractivity (Wildman–Crippen MR) is 86.3 cm³/mol. The van der Waals surface area contributed by atoms with Gasteiger partial charge < -0.3 is 4.42 Å². The van der Waals surface area contributed by atoms with Crippen molar-refractivity contribution < 1.29 is 4.42 Å². The number of nitrogens with one attached hydrogen (secondary N) is 1. The third-order valence-electron chi connectivity index (χ3n) is 2.92. The molecule has 106 valence electrons. The first-order chi connectivity index (χ1) is 10.1. The molecule has 0 radical (unpaired) electrons. The molecule has 3 aromatic rings. The molecule has 0 aliphatic carbocycles. The molecule has 0 aliphatic heterocycles. The Morgan fingerprint density at radius 2 is 2.05 bits per heavy atom. The first-order valence-corrected chi connectivity index (χ1v) is 6.99. The Labute approximate surface area is 131 Å². The van der Waals surface area contributed by atoms with E-state index in [9.17, 15) is 0 Å². The van der Waals surface area contributed by atoms with Crippen molar-refractivity contribution in [2.45, 2.75) is 6.92 Å². The lowest BCUT2D eigenvalue weighted by atomic mass is 10.2. The number of nitrogens with zero attached hydrogens (tertiary/aromatic N) is 2. The molecule has 1 aromatic carbocycles. The molecule has 4 nitrogen and oxygen atoms in total. The van der Waals surface area contributed by atoms with Crippen LogP contribution in [0.4, 0.5) is 5.82 Å². The van der Waals surface area contributed by atoms with Crippen LogP contribution < -0.4 is 5.43 Å². The summed E-state index contributed by atoms with van der Waals surface area (Å²) in [7, 11) is 0. The number of furan rings is 1. The molecule has 21 heavy (non-hydrogen) atoms. The van der Waals surface area contributed by atoms with E-state index in [1.807, 2.05) is 37.3 Å². The van der Waals surface area contributed by atoms with Crippen molar-refractivity contribution >= 4 is 45.7 Å². The summed E-state index contributed by atoms with van der Waals surface area (Å²) in [6.45, 7) is 1.84. The third kappa shape index (κ3) is 3.01. The molecular formula is C15H11Cl2N3O. The summed E-state index contributed by atoms with van der Waals surface area (Å²) in [6, 6.07) is 11.3. The van der Waals surface area contributed by atoms with Gasteiger partial charge in [0.05, 0.1) is 10.0 Å². The second-order valence-electron chi connectivity index (χ2n) is 4.44. The summed E-state index contributed by atoms with van der Waals surface area (Å²) in [6.07, 6.45) is 1.50. The van der Waals surface area contributed by atoms with Gasteiger partial charge in [0.1, 0.15) is 11.3 Å². The van der Waals surface area contributed by atoms with E-state index >= 15 is 0 Å². The summed E-state index contributed by atoms with van der Waals surface area (Å²) in [4.78, 5) is 4.07. The van der Waals surface area contributed by atoms with E-state index in [-0.39, 0.29) is 0 Å². The highest BCUT2D eigenvalue weighted by Crippen LogP contribution is 2.23. The molecule has 0 atom stereocenters. The summed E-state index contributed by atoms with van der Waals surface area (Å²) in [5.74, 6) is 1.13. The van der Waals surface area contributed by atoms with Gasteiger partial charge in [0, 0.05) is 11.6 Å². The average molecular weight is 320 g/mol. The average Bonchev–Trinajstić information content (AvgIpc) is 2.90. The topological polar surface area (TPSA) is 50.4 Å². The number of halogens is 2. The monoisotopic (exact) mass is 319 g/mol. The van der Waals surface area contributed by atoms with Crippen LogP contribution in [0.1, 0.15) is 12.7 Å². The summed E-state index contributed by atoms with van der Waals surface area (Å²) < 4.78 is 5.72. The van der Waals surface area contributed by atoms with E-state index in [1.54, 1.807) is 6.07 Å². The normalized spacial score (nSPS) is 11.9. The Kier molecular flexibility index (Phi) is 3.82. The molecule has 2 heterocycles. The minimum absolute atomic E-state index is 0.406. The van der Waals surface area contributed by atoms with E-state index in [4.69, 9.17) is 27.6 Å². The van der Waals surface area contributed by atoms with Crippen LogP contribution in [0.3, 0.4) is 0 Å². The zero-order valence-corrected chi connectivity index (χ0v) is 12.6. The highest BCUT2D eigenvalue weighted by Gasteiger charge is 2.07. The van der Waals surface area contributed by atoms with Crippen molar-refractivity contribution in [3.05, 3.63) is 58.4 Å². The van der Waals surface area contributed by atoms with Gasteiger partial charge in [-0.3, -0.25) is 5.43 Å². The number of pyridine rings is 1. The number of fused-ring (bicyclic) bond motifs is 1. The number of hydrogen-bond acceptors (Lipinski definition) is 4. The maximum absolute atomic E-state index is 6.02. The van der Waals surface area contributed by atoms with E-state index in [0.717, 1.165) is 11.0 Å². The zero-order valence-electron chi connectivity index (χ0n) is 11.1. The van der Waals surface area contributed by atoms with E-state index in [0.29, 0.717) is 27.3 Å². The predicted octanol–water partition coefficient (Wildman–Crippen LogP) is 4.97. The lowest BCUT2D eigenvalue weighted by molar-refractivity contribution is 0.604. The number of hydrogen-bond donors (Lipinski definition) is 1. The molecule has 0 saturated carbocycles. The van der Waals surface area contributed by atoms with Gasteiger partial charge >= 0.3 is 0 Å². The van der Waals surface area contributed by atoms with Crippen LogP contribution in [0, 0.1) is 0 Å². The maximum Gasteiger partial charge on any atom is 0.165 e. The van der Waals surface area contributed by atoms with E-state index in [1.165, 1.54) is 6.20 Å². The molecule has 2 aromatic heterocycles. The largest absolute Gasteiger partial charge is 0.455 e. The van der Waals surface area contributed by atoms with Crippen LogP contribution in [-0.4, -0.2) is 10.7 Å². The number of para-hydroxylation sites is 1. The van der Waals surface area contributed by atoms with Crippen LogP contribution in [0.15, 0.2) is 52.1 Å². The van der Waals surface area contributed by atoms with Crippen LogP contribution in [0.2, 0.25) is 10.0 Å². The van der Waals surface area contributed by atoms with Crippen LogP contribution in [0.5, 0.6) is 0 Å². The second kappa shape index (κ2) is 5.76. The minimum Gasteiger partial charge on any atom is -0.455 e. The van der Waals surface area contributed by atoms with Gasteiger partial charge in [0.2, 0.25) is 0 Å². The SMILES string of the molecule is C/C(=N/Nc1ncc(Cl)cc1Cl)c1cc2ccccc2o1. The van der Waals surface area contributed by atoms with Gasteiger partial charge in [-0.25, -0.2) is 4.98 Å². The summed E-state index contributed by atoms with van der Waals surface area (Å²) in [5.41, 5.74) is 4.33. The zero-order chi connectivity index (χ0) is 14.8. The van der Waals surface area contributed by atoms with E-state index < -0.39 is 0 Å². The molecule has 0 saturated heterocycles. The second-order valence-corrected chi connectivity index (χ2v) is 5.29. The fourth-order valence-corrected chi connectivity index (χ4v) is 2.27. The molecule has 0 unspecified atom stereocenters. The Hall–Kier alpha value is -2.04. The third-order valence-corrected chi connectivity index (χ3v) is 3.41. The number of rotatable bonds is 3. The molecule has 0 fully saturated rings. The van der Waals surface area contributed by atoms with Crippen LogP contribution in [0.25, 0.3) is 11.0 Å². The van der Waals surface area contributed by atoms with Crippen molar-refractivity contribution in [1.82, 2.24) is 4.98 Å². The molecule has 0 spiro atoms. The Balaban J connectivity index is 1.85. The number of benzene rings is 1. The van der Waals surface area contributed by atoms with Gasteiger partial charge in [0.25, 0.3) is 0 Å². The highest BCUT2D eigenvalue weighted by atomic mass is 35.5. The molecule has 0 amide bonds.